The van der Waals surface area contributed by atoms with Crippen molar-refractivity contribution < 1.29 is 0 Å². The molecule has 106 valence electrons. The van der Waals surface area contributed by atoms with Gasteiger partial charge in [-0.3, -0.25) is 0 Å². The Labute approximate surface area is 116 Å². The minimum atomic E-state index is 0.487. The highest BCUT2D eigenvalue weighted by molar-refractivity contribution is 5.30. The summed E-state index contributed by atoms with van der Waals surface area (Å²) in [5.41, 5.74) is 1.14. The lowest BCUT2D eigenvalue weighted by Gasteiger charge is -2.20. The third kappa shape index (κ3) is 4.44. The Bertz CT molecular complexity index is 376. The topological polar surface area (TPSA) is 44.3 Å². The van der Waals surface area contributed by atoms with E-state index in [4.69, 9.17) is 0 Å². The first-order valence-electron chi connectivity index (χ1n) is 7.13. The van der Waals surface area contributed by atoms with Gasteiger partial charge in [-0.1, -0.05) is 13.8 Å². The highest BCUT2D eigenvalue weighted by Crippen LogP contribution is 2.10. The fourth-order valence-electron chi connectivity index (χ4n) is 2.17. The molecule has 0 unspecified atom stereocenters. The first-order chi connectivity index (χ1) is 9.15. The van der Waals surface area contributed by atoms with Crippen LogP contribution in [0.1, 0.15) is 25.8 Å². The van der Waals surface area contributed by atoms with Crippen LogP contribution < -0.4 is 10.2 Å². The molecule has 0 aromatic carbocycles. The van der Waals surface area contributed by atoms with Crippen LogP contribution in [0.4, 0.5) is 5.95 Å². The first-order valence-corrected chi connectivity index (χ1v) is 7.13. The molecule has 2 heterocycles. The number of nitrogens with one attached hydrogen (secondary N) is 1. The van der Waals surface area contributed by atoms with Crippen LogP contribution >= 0.6 is 0 Å². The summed E-state index contributed by atoms with van der Waals surface area (Å²) >= 11 is 0. The minimum Gasteiger partial charge on any atom is -0.339 e. The highest BCUT2D eigenvalue weighted by Gasteiger charge is 2.14. The molecule has 0 saturated carbocycles. The molecule has 0 aliphatic carbocycles. The monoisotopic (exact) mass is 263 g/mol. The van der Waals surface area contributed by atoms with E-state index in [9.17, 15) is 0 Å². The predicted octanol–water partition coefficient (Wildman–Crippen LogP) is 1.12. The SMILES string of the molecule is CC(C)NCc1cnc(N2CCCN(C)CC2)nc1. The molecule has 0 radical (unpaired) electrons. The normalized spacial score (nSPS) is 17.8. The summed E-state index contributed by atoms with van der Waals surface area (Å²) in [7, 11) is 2.17. The van der Waals surface area contributed by atoms with Crippen molar-refractivity contribution in [3.05, 3.63) is 18.0 Å². The van der Waals surface area contributed by atoms with Gasteiger partial charge in [0.2, 0.25) is 5.95 Å². The summed E-state index contributed by atoms with van der Waals surface area (Å²) in [4.78, 5) is 13.6. The van der Waals surface area contributed by atoms with Crippen LogP contribution in [0.25, 0.3) is 0 Å². The second-order valence-electron chi connectivity index (χ2n) is 5.57. The van der Waals surface area contributed by atoms with Crippen molar-refractivity contribution in [3.63, 3.8) is 0 Å². The van der Waals surface area contributed by atoms with Gasteiger partial charge in [0.05, 0.1) is 0 Å². The maximum absolute atomic E-state index is 4.50. The number of rotatable bonds is 4. The Balaban J connectivity index is 1.93. The molecular weight excluding hydrogens is 238 g/mol. The molecule has 0 amide bonds. The van der Waals surface area contributed by atoms with Gasteiger partial charge in [-0.25, -0.2) is 9.97 Å². The van der Waals surface area contributed by atoms with Gasteiger partial charge in [0.1, 0.15) is 0 Å². The summed E-state index contributed by atoms with van der Waals surface area (Å²) < 4.78 is 0. The Hall–Kier alpha value is -1.20. The van der Waals surface area contributed by atoms with Crippen molar-refractivity contribution in [1.29, 1.82) is 0 Å². The smallest absolute Gasteiger partial charge is 0.225 e. The zero-order chi connectivity index (χ0) is 13.7. The van der Waals surface area contributed by atoms with E-state index in [1.54, 1.807) is 0 Å². The molecule has 1 fully saturated rings. The lowest BCUT2D eigenvalue weighted by molar-refractivity contribution is 0.360. The van der Waals surface area contributed by atoms with Crippen molar-refractivity contribution in [2.75, 3.05) is 38.1 Å². The Kier molecular flexibility index (Phi) is 5.10. The van der Waals surface area contributed by atoms with Crippen LogP contribution in [0.5, 0.6) is 0 Å². The van der Waals surface area contributed by atoms with Crippen molar-refractivity contribution in [3.8, 4) is 0 Å². The number of nitrogens with zero attached hydrogens (tertiary/aromatic N) is 4. The van der Waals surface area contributed by atoms with Gasteiger partial charge in [0, 0.05) is 50.2 Å². The first kappa shape index (κ1) is 14.2. The quantitative estimate of drug-likeness (QED) is 0.882. The molecule has 5 nitrogen and oxygen atoms in total. The third-order valence-electron chi connectivity index (χ3n) is 3.41. The predicted molar refractivity (Wildman–Crippen MR) is 78.3 cm³/mol. The van der Waals surface area contributed by atoms with Crippen molar-refractivity contribution in [1.82, 2.24) is 20.2 Å². The van der Waals surface area contributed by atoms with Crippen LogP contribution in [0.15, 0.2) is 12.4 Å². The summed E-state index contributed by atoms with van der Waals surface area (Å²) in [5.74, 6) is 0.864. The molecule has 1 aliphatic heterocycles. The largest absolute Gasteiger partial charge is 0.339 e. The Morgan fingerprint density at radius 3 is 2.58 bits per heavy atom. The Morgan fingerprint density at radius 1 is 1.16 bits per heavy atom. The molecule has 19 heavy (non-hydrogen) atoms. The van der Waals surface area contributed by atoms with Gasteiger partial charge in [-0.15, -0.1) is 0 Å². The number of hydrogen-bond donors (Lipinski definition) is 1. The van der Waals surface area contributed by atoms with Crippen molar-refractivity contribution in [2.45, 2.75) is 32.9 Å². The molecule has 1 saturated heterocycles. The highest BCUT2D eigenvalue weighted by atomic mass is 15.3. The van der Waals surface area contributed by atoms with E-state index < -0.39 is 0 Å². The average molecular weight is 263 g/mol. The maximum atomic E-state index is 4.50. The lowest BCUT2D eigenvalue weighted by Crippen LogP contribution is -2.30. The molecule has 0 atom stereocenters. The number of hydrogen-bond acceptors (Lipinski definition) is 5. The van der Waals surface area contributed by atoms with Crippen LogP contribution in [0.3, 0.4) is 0 Å². The van der Waals surface area contributed by atoms with Gasteiger partial charge < -0.3 is 15.1 Å². The lowest BCUT2D eigenvalue weighted by atomic mass is 10.3. The van der Waals surface area contributed by atoms with Crippen LogP contribution in [-0.4, -0.2) is 54.1 Å². The van der Waals surface area contributed by atoms with Crippen molar-refractivity contribution in [2.24, 2.45) is 0 Å². The number of aromatic nitrogens is 2. The molecule has 1 aromatic heterocycles. The molecule has 0 spiro atoms. The Morgan fingerprint density at radius 2 is 1.89 bits per heavy atom. The van der Waals surface area contributed by atoms with Crippen LogP contribution in [0, 0.1) is 0 Å². The molecule has 2 rings (SSSR count). The van der Waals surface area contributed by atoms with Gasteiger partial charge in [-0.05, 0) is 20.0 Å². The van der Waals surface area contributed by atoms with E-state index in [1.807, 2.05) is 12.4 Å². The number of anilines is 1. The van der Waals surface area contributed by atoms with Crippen LogP contribution in [-0.2, 0) is 6.54 Å². The van der Waals surface area contributed by atoms with E-state index in [2.05, 4.69) is 46.0 Å². The standard InChI is InChI=1S/C14H25N5/c1-12(2)15-9-13-10-16-14(17-11-13)19-6-4-5-18(3)7-8-19/h10-12,15H,4-9H2,1-3H3. The minimum absolute atomic E-state index is 0.487. The average Bonchev–Trinajstić information content (AvgIpc) is 2.62. The molecule has 1 aliphatic rings. The van der Waals surface area contributed by atoms with Crippen LogP contribution in [0.2, 0.25) is 0 Å². The van der Waals surface area contributed by atoms with E-state index in [1.165, 1.54) is 6.42 Å². The fraction of sp³-hybridized carbons (Fsp3) is 0.714. The van der Waals surface area contributed by atoms with E-state index in [0.29, 0.717) is 6.04 Å². The molecule has 5 heteroatoms. The molecule has 1 aromatic rings. The third-order valence-corrected chi connectivity index (χ3v) is 3.41. The summed E-state index contributed by atoms with van der Waals surface area (Å²) in [6.07, 6.45) is 5.05. The van der Waals surface area contributed by atoms with Gasteiger partial charge in [0.15, 0.2) is 0 Å². The van der Waals surface area contributed by atoms with E-state index in [0.717, 1.165) is 44.2 Å². The van der Waals surface area contributed by atoms with E-state index >= 15 is 0 Å². The molecule has 0 bridgehead atoms. The fourth-order valence-corrected chi connectivity index (χ4v) is 2.17. The van der Waals surface area contributed by atoms with Gasteiger partial charge in [-0.2, -0.15) is 0 Å². The van der Waals surface area contributed by atoms with Gasteiger partial charge in [0.25, 0.3) is 0 Å². The molecular formula is C14H25N5. The zero-order valence-electron chi connectivity index (χ0n) is 12.3. The van der Waals surface area contributed by atoms with Crippen molar-refractivity contribution >= 4 is 5.95 Å². The summed E-state index contributed by atoms with van der Waals surface area (Å²) in [6.45, 7) is 9.42. The number of likely N-dealkylation sites (N-methyl/N-ethyl adjacent to an activating group) is 1. The van der Waals surface area contributed by atoms with E-state index in [-0.39, 0.29) is 0 Å². The summed E-state index contributed by atoms with van der Waals surface area (Å²) in [5, 5.41) is 3.38. The van der Waals surface area contributed by atoms with Gasteiger partial charge >= 0.3 is 0 Å². The molecule has 1 N–H and O–H groups in total. The second kappa shape index (κ2) is 6.82. The zero-order valence-corrected chi connectivity index (χ0v) is 12.3. The summed E-state index contributed by atoms with van der Waals surface area (Å²) in [6, 6.07) is 0.487. The second-order valence-corrected chi connectivity index (χ2v) is 5.57. The maximum Gasteiger partial charge on any atom is 0.225 e.